The summed E-state index contributed by atoms with van der Waals surface area (Å²) in [6.45, 7) is 0.764. The molecule has 0 spiro atoms. The van der Waals surface area contributed by atoms with E-state index in [-0.39, 0.29) is 12.2 Å². The Bertz CT molecular complexity index is 1510. The van der Waals surface area contributed by atoms with Crippen molar-refractivity contribution in [3.05, 3.63) is 84.3 Å². The number of rotatable bonds is 9. The van der Waals surface area contributed by atoms with E-state index in [0.29, 0.717) is 40.3 Å². The van der Waals surface area contributed by atoms with Gasteiger partial charge in [-0.2, -0.15) is 0 Å². The molecule has 0 saturated heterocycles. The molecule has 2 aromatic heterocycles. The van der Waals surface area contributed by atoms with Gasteiger partial charge >= 0.3 is 6.09 Å². The topological polar surface area (TPSA) is 94.8 Å². The van der Waals surface area contributed by atoms with Gasteiger partial charge in [0.05, 0.1) is 11.9 Å². The number of nitrogens with one attached hydrogen (secondary N) is 3. The average Bonchev–Trinajstić information content (AvgIpc) is 3.30. The van der Waals surface area contributed by atoms with Gasteiger partial charge in [-0.25, -0.2) is 18.6 Å². The number of fused-ring (bicyclic) bond motifs is 1. The number of aromatic nitrogens is 2. The number of amides is 1. The lowest BCUT2D eigenvalue weighted by Crippen LogP contribution is -2.22. The molecule has 0 bridgehead atoms. The SMILES string of the molecule is CN/C=C(\C=N)c1ccn2c(-c3cc(NC(=O)OCCN(C)C)cc(-c4ccc(F)cc4F)c3)cnc2c1. The highest BCUT2D eigenvalue weighted by atomic mass is 19.1. The molecule has 0 saturated carbocycles. The Labute approximate surface area is 219 Å². The molecule has 3 N–H and O–H groups in total. The predicted octanol–water partition coefficient (Wildman–Crippen LogP) is 5.27. The summed E-state index contributed by atoms with van der Waals surface area (Å²) in [5, 5.41) is 13.3. The lowest BCUT2D eigenvalue weighted by Gasteiger charge is -2.14. The van der Waals surface area contributed by atoms with Crippen molar-refractivity contribution in [1.29, 1.82) is 5.41 Å². The summed E-state index contributed by atoms with van der Waals surface area (Å²) in [6.07, 6.45) is 5.83. The molecule has 0 aliphatic heterocycles. The highest BCUT2D eigenvalue weighted by molar-refractivity contribution is 6.08. The van der Waals surface area contributed by atoms with Crippen LogP contribution in [-0.2, 0) is 4.74 Å². The number of hydrogen-bond acceptors (Lipinski definition) is 6. The van der Waals surface area contributed by atoms with E-state index in [1.165, 1.54) is 18.3 Å². The Hall–Kier alpha value is -4.57. The summed E-state index contributed by atoms with van der Waals surface area (Å²) in [5.74, 6) is -1.40. The van der Waals surface area contributed by atoms with Crippen LogP contribution in [-0.4, -0.2) is 60.9 Å². The number of imidazole rings is 1. The molecule has 0 aliphatic carbocycles. The van der Waals surface area contributed by atoms with Crippen molar-refractivity contribution in [3.63, 3.8) is 0 Å². The molecule has 10 heteroatoms. The number of ether oxygens (including phenoxy) is 1. The molecule has 0 radical (unpaired) electrons. The summed E-state index contributed by atoms with van der Waals surface area (Å²) in [7, 11) is 5.50. The van der Waals surface area contributed by atoms with Gasteiger partial charge in [-0.05, 0) is 67.7 Å². The quantitative estimate of drug-likeness (QED) is 0.263. The summed E-state index contributed by atoms with van der Waals surface area (Å²) in [6, 6.07) is 12.2. The number of likely N-dealkylation sites (N-methyl/N-ethyl adjacent to an activating group) is 1. The minimum absolute atomic E-state index is 0.182. The zero-order valence-corrected chi connectivity index (χ0v) is 21.3. The molecular weight excluding hydrogens is 490 g/mol. The number of nitrogens with zero attached hydrogens (tertiary/aromatic N) is 3. The van der Waals surface area contributed by atoms with E-state index in [1.54, 1.807) is 37.6 Å². The smallest absolute Gasteiger partial charge is 0.411 e. The van der Waals surface area contributed by atoms with E-state index in [2.05, 4.69) is 15.6 Å². The number of halogens is 2. The van der Waals surface area contributed by atoms with Crippen molar-refractivity contribution in [2.45, 2.75) is 0 Å². The Morgan fingerprint density at radius 2 is 1.92 bits per heavy atom. The van der Waals surface area contributed by atoms with Gasteiger partial charge < -0.3 is 20.4 Å². The monoisotopic (exact) mass is 518 g/mol. The highest BCUT2D eigenvalue weighted by Crippen LogP contribution is 2.33. The van der Waals surface area contributed by atoms with Gasteiger partial charge in [-0.1, -0.05) is 0 Å². The number of benzene rings is 2. The lowest BCUT2D eigenvalue weighted by atomic mass is 10.00. The van der Waals surface area contributed by atoms with Crippen molar-refractivity contribution in [2.75, 3.05) is 39.6 Å². The zero-order chi connectivity index (χ0) is 27.2. The van der Waals surface area contributed by atoms with Crippen LogP contribution in [0.2, 0.25) is 0 Å². The zero-order valence-electron chi connectivity index (χ0n) is 21.3. The Morgan fingerprint density at radius 1 is 1.13 bits per heavy atom. The first-order valence-corrected chi connectivity index (χ1v) is 11.8. The highest BCUT2D eigenvalue weighted by Gasteiger charge is 2.15. The van der Waals surface area contributed by atoms with Crippen LogP contribution < -0.4 is 10.6 Å². The van der Waals surface area contributed by atoms with Gasteiger partial charge in [-0.15, -0.1) is 0 Å². The normalized spacial score (nSPS) is 11.6. The summed E-state index contributed by atoms with van der Waals surface area (Å²) < 4.78 is 35.4. The second-order valence-corrected chi connectivity index (χ2v) is 8.81. The maximum atomic E-state index is 14.7. The second kappa shape index (κ2) is 11.7. The van der Waals surface area contributed by atoms with Gasteiger partial charge in [0.1, 0.15) is 23.9 Å². The van der Waals surface area contributed by atoms with Gasteiger partial charge in [-0.3, -0.25) is 9.72 Å². The third kappa shape index (κ3) is 6.04. The number of carbonyl (C=O) groups excluding carboxylic acids is 1. The van der Waals surface area contributed by atoms with Crippen LogP contribution in [0.4, 0.5) is 19.3 Å². The summed E-state index contributed by atoms with van der Waals surface area (Å²) >= 11 is 0. The van der Waals surface area contributed by atoms with Crippen LogP contribution in [0.25, 0.3) is 33.6 Å². The molecular formula is C28H28F2N6O2. The molecule has 0 unspecified atom stereocenters. The van der Waals surface area contributed by atoms with E-state index in [1.807, 2.05) is 41.7 Å². The van der Waals surface area contributed by atoms with Gasteiger partial charge in [0.25, 0.3) is 0 Å². The molecule has 0 aliphatic rings. The number of allylic oxidation sites excluding steroid dienone is 1. The fourth-order valence-electron chi connectivity index (χ4n) is 3.94. The Kier molecular flexibility index (Phi) is 8.12. The van der Waals surface area contributed by atoms with Crippen molar-refractivity contribution >= 4 is 29.2 Å². The third-order valence-electron chi connectivity index (χ3n) is 5.79. The molecule has 38 heavy (non-hydrogen) atoms. The van der Waals surface area contributed by atoms with Crippen LogP contribution in [0.15, 0.2) is 67.1 Å². The fraction of sp³-hybridized carbons (Fsp3) is 0.179. The molecule has 0 fully saturated rings. The molecule has 2 heterocycles. The number of carbonyl (C=O) groups is 1. The first-order chi connectivity index (χ1) is 18.3. The third-order valence-corrected chi connectivity index (χ3v) is 5.79. The molecule has 0 atom stereocenters. The maximum absolute atomic E-state index is 14.7. The van der Waals surface area contributed by atoms with Crippen molar-refractivity contribution in [1.82, 2.24) is 19.6 Å². The van der Waals surface area contributed by atoms with Crippen LogP contribution >= 0.6 is 0 Å². The molecule has 4 rings (SSSR count). The van der Waals surface area contributed by atoms with Crippen LogP contribution in [0.5, 0.6) is 0 Å². The van der Waals surface area contributed by atoms with Crippen LogP contribution in [0.1, 0.15) is 5.56 Å². The predicted molar refractivity (Wildman–Crippen MR) is 145 cm³/mol. The van der Waals surface area contributed by atoms with Gasteiger partial charge in [0.2, 0.25) is 0 Å². The fourth-order valence-corrected chi connectivity index (χ4v) is 3.94. The number of hydrogen-bond donors (Lipinski definition) is 3. The molecule has 1 amide bonds. The van der Waals surface area contributed by atoms with Crippen LogP contribution in [0, 0.1) is 17.0 Å². The average molecular weight is 519 g/mol. The van der Waals surface area contributed by atoms with Gasteiger partial charge in [0, 0.05) is 60.7 Å². The molecule has 4 aromatic rings. The lowest BCUT2D eigenvalue weighted by molar-refractivity contribution is 0.151. The van der Waals surface area contributed by atoms with Crippen molar-refractivity contribution in [2.24, 2.45) is 0 Å². The van der Waals surface area contributed by atoms with E-state index >= 15 is 0 Å². The first-order valence-electron chi connectivity index (χ1n) is 11.8. The maximum Gasteiger partial charge on any atom is 0.411 e. The summed E-state index contributed by atoms with van der Waals surface area (Å²) in [4.78, 5) is 18.8. The van der Waals surface area contributed by atoms with Crippen LogP contribution in [0.3, 0.4) is 0 Å². The Balaban J connectivity index is 1.76. The van der Waals surface area contributed by atoms with Crippen molar-refractivity contribution in [3.8, 4) is 22.4 Å². The number of pyridine rings is 1. The van der Waals surface area contributed by atoms with Crippen molar-refractivity contribution < 1.29 is 18.3 Å². The first kappa shape index (κ1) is 26.5. The standard InChI is InChI=1S/C28H28F2N6O2/c1-32-16-21(15-31)18-6-7-36-26(17-33-27(36)13-18)20-10-19(24-5-4-22(29)14-25(24)30)11-23(12-20)34-28(37)38-9-8-35(2)3/h4-7,10-17,31-32H,8-9H2,1-3H3,(H,34,37)/b21-16+,31-15?. The van der Waals surface area contributed by atoms with E-state index in [9.17, 15) is 13.6 Å². The van der Waals surface area contributed by atoms with E-state index < -0.39 is 17.7 Å². The molecule has 2 aromatic carbocycles. The minimum Gasteiger partial charge on any atom is -0.448 e. The molecule has 196 valence electrons. The second-order valence-electron chi connectivity index (χ2n) is 8.81. The largest absolute Gasteiger partial charge is 0.448 e. The minimum atomic E-state index is -0.722. The van der Waals surface area contributed by atoms with Gasteiger partial charge in [0.15, 0.2) is 0 Å². The van der Waals surface area contributed by atoms with E-state index in [4.69, 9.17) is 10.1 Å². The Morgan fingerprint density at radius 3 is 2.63 bits per heavy atom. The number of anilines is 1. The molecule has 8 nitrogen and oxygen atoms in total. The summed E-state index contributed by atoms with van der Waals surface area (Å²) in [5.41, 5.74) is 4.47. The van der Waals surface area contributed by atoms with E-state index in [0.717, 1.165) is 11.6 Å².